The number of fused-ring (bicyclic) bond motifs is 1. The van der Waals surface area contributed by atoms with E-state index in [0.717, 1.165) is 24.3 Å². The van der Waals surface area contributed by atoms with E-state index in [1.165, 1.54) is 5.56 Å². The highest BCUT2D eigenvalue weighted by Crippen LogP contribution is 2.33. The molecule has 0 aliphatic carbocycles. The molecule has 0 unspecified atom stereocenters. The fraction of sp³-hybridized carbons (Fsp3) is 0.455. The van der Waals surface area contributed by atoms with E-state index in [-0.39, 0.29) is 0 Å². The molecule has 0 amide bonds. The van der Waals surface area contributed by atoms with Gasteiger partial charge in [0.2, 0.25) is 0 Å². The average Bonchev–Trinajstić information content (AvgIpc) is 2.26. The average molecular weight is 193 g/mol. The fourth-order valence-corrected chi connectivity index (χ4v) is 1.62. The maximum absolute atomic E-state index is 5.59. The minimum atomic E-state index is 0.645. The van der Waals surface area contributed by atoms with Gasteiger partial charge in [0.15, 0.2) is 11.5 Å². The predicted octanol–water partition coefficient (Wildman–Crippen LogP) is 1.35. The van der Waals surface area contributed by atoms with Crippen LogP contribution >= 0.6 is 0 Å². The Balaban J connectivity index is 2.21. The summed E-state index contributed by atoms with van der Waals surface area (Å²) in [4.78, 5) is 0. The molecule has 0 aromatic heterocycles. The lowest BCUT2D eigenvalue weighted by atomic mass is 10.1. The third-order valence-corrected chi connectivity index (χ3v) is 2.30. The molecular formula is C11H15NO2. The van der Waals surface area contributed by atoms with Crippen molar-refractivity contribution < 1.29 is 9.47 Å². The van der Waals surface area contributed by atoms with Crippen LogP contribution in [0.1, 0.15) is 12.0 Å². The molecule has 1 aromatic rings. The first-order valence-electron chi connectivity index (χ1n) is 4.99. The van der Waals surface area contributed by atoms with Crippen LogP contribution in [0.5, 0.6) is 11.5 Å². The Kier molecular flexibility index (Phi) is 2.89. The summed E-state index contributed by atoms with van der Waals surface area (Å²) in [6, 6.07) is 6.02. The van der Waals surface area contributed by atoms with E-state index in [9.17, 15) is 0 Å². The zero-order chi connectivity index (χ0) is 9.80. The lowest BCUT2D eigenvalue weighted by molar-refractivity contribution is 0.170. The highest BCUT2D eigenvalue weighted by atomic mass is 16.6. The van der Waals surface area contributed by atoms with E-state index >= 15 is 0 Å². The van der Waals surface area contributed by atoms with Gasteiger partial charge >= 0.3 is 0 Å². The van der Waals surface area contributed by atoms with Crippen molar-refractivity contribution in [1.29, 1.82) is 0 Å². The molecule has 76 valence electrons. The molecule has 3 nitrogen and oxygen atoms in total. The van der Waals surface area contributed by atoms with Crippen molar-refractivity contribution in [2.24, 2.45) is 5.73 Å². The Morgan fingerprint density at radius 3 is 2.93 bits per heavy atom. The van der Waals surface area contributed by atoms with Crippen LogP contribution in [-0.2, 0) is 6.42 Å². The molecule has 0 bridgehead atoms. The summed E-state index contributed by atoms with van der Waals surface area (Å²) in [6.45, 7) is 2.00. The van der Waals surface area contributed by atoms with Gasteiger partial charge in [0.25, 0.3) is 0 Å². The summed E-state index contributed by atoms with van der Waals surface area (Å²) in [5, 5.41) is 0. The van der Waals surface area contributed by atoms with Gasteiger partial charge in [-0.3, -0.25) is 0 Å². The molecule has 0 atom stereocenters. The van der Waals surface area contributed by atoms with Gasteiger partial charge < -0.3 is 15.2 Å². The quantitative estimate of drug-likeness (QED) is 0.788. The van der Waals surface area contributed by atoms with Crippen molar-refractivity contribution >= 4 is 0 Å². The zero-order valence-corrected chi connectivity index (χ0v) is 8.16. The molecular weight excluding hydrogens is 178 g/mol. The number of hydrogen-bond acceptors (Lipinski definition) is 3. The number of nitrogens with two attached hydrogens (primary N) is 1. The second-order valence-electron chi connectivity index (χ2n) is 3.33. The van der Waals surface area contributed by atoms with Gasteiger partial charge in [0.1, 0.15) is 13.2 Å². The van der Waals surface area contributed by atoms with E-state index < -0.39 is 0 Å². The van der Waals surface area contributed by atoms with Crippen molar-refractivity contribution in [3.05, 3.63) is 23.8 Å². The fourth-order valence-electron chi connectivity index (χ4n) is 1.62. The van der Waals surface area contributed by atoms with E-state index in [2.05, 4.69) is 6.07 Å². The summed E-state index contributed by atoms with van der Waals surface area (Å²) in [5.41, 5.74) is 6.68. The minimum absolute atomic E-state index is 0.645. The molecule has 1 heterocycles. The van der Waals surface area contributed by atoms with Crippen LogP contribution in [0.2, 0.25) is 0 Å². The van der Waals surface area contributed by atoms with E-state index in [1.54, 1.807) is 0 Å². The second kappa shape index (κ2) is 4.33. The first-order chi connectivity index (χ1) is 6.92. The predicted molar refractivity (Wildman–Crippen MR) is 54.8 cm³/mol. The summed E-state index contributed by atoms with van der Waals surface area (Å²) in [7, 11) is 0. The van der Waals surface area contributed by atoms with Gasteiger partial charge in [0.05, 0.1) is 0 Å². The monoisotopic (exact) mass is 193 g/mol. The first-order valence-corrected chi connectivity index (χ1v) is 4.99. The Hall–Kier alpha value is -1.22. The number of aryl methyl sites for hydroxylation is 1. The normalized spacial score (nSPS) is 14.1. The number of hydrogen-bond donors (Lipinski definition) is 1. The third-order valence-electron chi connectivity index (χ3n) is 2.30. The van der Waals surface area contributed by atoms with Crippen LogP contribution in [0.25, 0.3) is 0 Å². The molecule has 0 radical (unpaired) electrons. The van der Waals surface area contributed by atoms with Gasteiger partial charge in [-0.05, 0) is 31.0 Å². The lowest BCUT2D eigenvalue weighted by Crippen LogP contribution is -2.16. The maximum atomic E-state index is 5.59. The molecule has 0 saturated carbocycles. The molecule has 3 heteroatoms. The summed E-state index contributed by atoms with van der Waals surface area (Å²) < 4.78 is 11.1. The summed E-state index contributed by atoms with van der Waals surface area (Å²) in [5.74, 6) is 1.78. The van der Waals surface area contributed by atoms with Gasteiger partial charge in [0, 0.05) is 0 Å². The van der Waals surface area contributed by atoms with Crippen molar-refractivity contribution in [2.75, 3.05) is 19.8 Å². The number of rotatable bonds is 3. The SMILES string of the molecule is NCCCc1cccc2c1OCCO2. The minimum Gasteiger partial charge on any atom is -0.486 e. The van der Waals surface area contributed by atoms with E-state index in [4.69, 9.17) is 15.2 Å². The van der Waals surface area contributed by atoms with Crippen LogP contribution in [0.15, 0.2) is 18.2 Å². The topological polar surface area (TPSA) is 44.5 Å². The van der Waals surface area contributed by atoms with Crippen LogP contribution in [-0.4, -0.2) is 19.8 Å². The molecule has 0 fully saturated rings. The largest absolute Gasteiger partial charge is 0.486 e. The van der Waals surface area contributed by atoms with Gasteiger partial charge in [-0.1, -0.05) is 12.1 Å². The van der Waals surface area contributed by atoms with Crippen LogP contribution in [0.3, 0.4) is 0 Å². The lowest BCUT2D eigenvalue weighted by Gasteiger charge is -2.20. The number of benzene rings is 1. The van der Waals surface area contributed by atoms with Gasteiger partial charge in [-0.25, -0.2) is 0 Å². The Labute approximate surface area is 83.8 Å². The maximum Gasteiger partial charge on any atom is 0.164 e. The Bertz CT molecular complexity index is 312. The molecule has 2 rings (SSSR count). The smallest absolute Gasteiger partial charge is 0.164 e. The number of para-hydroxylation sites is 1. The van der Waals surface area contributed by atoms with Crippen molar-refractivity contribution in [3.8, 4) is 11.5 Å². The molecule has 2 N–H and O–H groups in total. The highest BCUT2D eigenvalue weighted by molar-refractivity contribution is 5.47. The molecule has 14 heavy (non-hydrogen) atoms. The van der Waals surface area contributed by atoms with E-state index in [0.29, 0.717) is 19.8 Å². The molecule has 0 saturated heterocycles. The van der Waals surface area contributed by atoms with Gasteiger partial charge in [-0.2, -0.15) is 0 Å². The zero-order valence-electron chi connectivity index (χ0n) is 8.16. The second-order valence-corrected chi connectivity index (χ2v) is 3.33. The van der Waals surface area contributed by atoms with Crippen molar-refractivity contribution in [2.45, 2.75) is 12.8 Å². The van der Waals surface area contributed by atoms with Crippen LogP contribution < -0.4 is 15.2 Å². The third kappa shape index (κ3) is 1.82. The Morgan fingerprint density at radius 1 is 1.21 bits per heavy atom. The van der Waals surface area contributed by atoms with Crippen molar-refractivity contribution in [3.63, 3.8) is 0 Å². The molecule has 0 spiro atoms. The molecule has 1 aliphatic heterocycles. The molecule has 1 aromatic carbocycles. The van der Waals surface area contributed by atoms with Crippen LogP contribution in [0, 0.1) is 0 Å². The highest BCUT2D eigenvalue weighted by Gasteiger charge is 2.14. The standard InChI is InChI=1S/C11H15NO2/c12-6-2-4-9-3-1-5-10-11(9)14-8-7-13-10/h1,3,5H,2,4,6-8,12H2. The Morgan fingerprint density at radius 2 is 2.07 bits per heavy atom. The van der Waals surface area contributed by atoms with Crippen LogP contribution in [0.4, 0.5) is 0 Å². The summed E-state index contributed by atoms with van der Waals surface area (Å²) in [6.07, 6.45) is 1.95. The van der Waals surface area contributed by atoms with Gasteiger partial charge in [-0.15, -0.1) is 0 Å². The first kappa shape index (κ1) is 9.34. The molecule has 1 aliphatic rings. The number of ether oxygens (including phenoxy) is 2. The summed E-state index contributed by atoms with van der Waals surface area (Å²) >= 11 is 0. The van der Waals surface area contributed by atoms with Crippen molar-refractivity contribution in [1.82, 2.24) is 0 Å². The van der Waals surface area contributed by atoms with E-state index in [1.807, 2.05) is 12.1 Å².